The van der Waals surface area contributed by atoms with E-state index in [4.69, 9.17) is 9.72 Å². The Kier molecular flexibility index (Phi) is 9.11. The van der Waals surface area contributed by atoms with Crippen LogP contribution in [0, 0.1) is 6.92 Å². The molecule has 1 fully saturated rings. The Labute approximate surface area is 291 Å². The largest absolute Gasteiger partial charge is 0.455 e. The van der Waals surface area contributed by atoms with Crippen molar-refractivity contribution in [3.8, 4) is 11.1 Å². The van der Waals surface area contributed by atoms with E-state index >= 15 is 0 Å². The number of carbonyl (C=O) groups is 2. The molecule has 8 nitrogen and oxygen atoms in total. The number of thiazole rings is 1. The topological polar surface area (TPSA) is 96.5 Å². The average Bonchev–Trinajstić information content (AvgIpc) is 3.50. The number of ether oxygens (including phenoxy) is 1. The van der Waals surface area contributed by atoms with Gasteiger partial charge in [-0.15, -0.1) is 0 Å². The van der Waals surface area contributed by atoms with Gasteiger partial charge in [0.2, 0.25) is 0 Å². The number of amides is 1. The van der Waals surface area contributed by atoms with E-state index in [-0.39, 0.29) is 11.6 Å². The molecule has 1 saturated carbocycles. The summed E-state index contributed by atoms with van der Waals surface area (Å²) in [4.78, 5) is 39.2. The van der Waals surface area contributed by atoms with Gasteiger partial charge in [0.15, 0.2) is 10.8 Å². The molecule has 0 atom stereocenters. The number of hydrogen-bond donors (Lipinski definition) is 2. The number of hydrogen-bond acceptors (Lipinski definition) is 8. The fraction of sp³-hybridized carbons (Fsp3) is 0.350. The summed E-state index contributed by atoms with van der Waals surface area (Å²) in [5.41, 5.74) is 7.05. The maximum atomic E-state index is 13.8. The Balaban J connectivity index is 1.19. The zero-order valence-corrected chi connectivity index (χ0v) is 29.5. The van der Waals surface area contributed by atoms with Crippen molar-refractivity contribution >= 4 is 50.1 Å². The van der Waals surface area contributed by atoms with Crippen molar-refractivity contribution in [3.63, 3.8) is 0 Å². The maximum Gasteiger partial charge on any atom is 0.358 e. The minimum absolute atomic E-state index is 0.187. The van der Waals surface area contributed by atoms with Gasteiger partial charge >= 0.3 is 5.97 Å². The Morgan fingerprint density at radius 2 is 1.69 bits per heavy atom. The molecule has 252 valence electrons. The molecule has 0 bridgehead atoms. The number of pyridine rings is 1. The first-order chi connectivity index (χ1) is 23.6. The van der Waals surface area contributed by atoms with Gasteiger partial charge in [0.1, 0.15) is 11.4 Å². The summed E-state index contributed by atoms with van der Waals surface area (Å²) < 4.78 is 6.94. The lowest BCUT2D eigenvalue weighted by molar-refractivity contribution is 0.00638. The van der Waals surface area contributed by atoms with E-state index in [9.17, 15) is 9.59 Å². The summed E-state index contributed by atoms with van der Waals surface area (Å²) >= 11 is 1.46. The number of nitrogens with zero attached hydrogens (tertiary/aromatic N) is 3. The van der Waals surface area contributed by atoms with Crippen molar-refractivity contribution in [2.75, 3.05) is 22.1 Å². The highest BCUT2D eigenvalue weighted by Gasteiger charge is 2.28. The van der Waals surface area contributed by atoms with Crippen molar-refractivity contribution in [2.45, 2.75) is 84.4 Å². The van der Waals surface area contributed by atoms with E-state index in [0.29, 0.717) is 35.6 Å². The summed E-state index contributed by atoms with van der Waals surface area (Å²) in [6, 6.07) is 24.4. The first-order valence-corrected chi connectivity index (χ1v) is 18.1. The molecule has 0 unspecified atom stereocenters. The van der Waals surface area contributed by atoms with Gasteiger partial charge < -0.3 is 15.0 Å². The first-order valence-electron chi connectivity index (χ1n) is 17.3. The number of aromatic nitrogens is 2. The van der Waals surface area contributed by atoms with E-state index in [1.54, 1.807) is 0 Å². The molecule has 49 heavy (non-hydrogen) atoms. The Bertz CT molecular complexity index is 1990. The van der Waals surface area contributed by atoms with E-state index in [2.05, 4.69) is 45.6 Å². The third-order valence-corrected chi connectivity index (χ3v) is 10.4. The first kappa shape index (κ1) is 32.8. The lowest BCUT2D eigenvalue weighted by atomic mass is 9.93. The molecule has 0 spiro atoms. The number of anilines is 3. The second-order valence-corrected chi connectivity index (χ2v) is 15.1. The molecule has 2 aliphatic rings. The third-order valence-electron chi connectivity index (χ3n) is 9.42. The normalized spacial score (nSPS) is 15.1. The van der Waals surface area contributed by atoms with Gasteiger partial charge in [-0.25, -0.2) is 14.8 Å². The highest BCUT2D eigenvalue weighted by molar-refractivity contribution is 7.22. The van der Waals surface area contributed by atoms with Crippen LogP contribution in [0.5, 0.6) is 0 Å². The molecule has 1 amide bonds. The average molecular weight is 674 g/mol. The van der Waals surface area contributed by atoms with Gasteiger partial charge in [-0.1, -0.05) is 67.0 Å². The molecule has 2 aromatic heterocycles. The predicted octanol–water partition coefficient (Wildman–Crippen LogP) is 9.18. The summed E-state index contributed by atoms with van der Waals surface area (Å²) in [7, 11) is 0. The van der Waals surface area contributed by atoms with Crippen LogP contribution in [-0.2, 0) is 17.7 Å². The molecule has 1 aliphatic heterocycles. The molecule has 3 heterocycles. The molecular formula is C40H43N5O3S. The van der Waals surface area contributed by atoms with Crippen LogP contribution >= 0.6 is 11.3 Å². The van der Waals surface area contributed by atoms with E-state index in [1.807, 2.05) is 75.4 Å². The fourth-order valence-electron chi connectivity index (χ4n) is 6.95. The van der Waals surface area contributed by atoms with Gasteiger partial charge in [-0.05, 0) is 106 Å². The number of rotatable bonds is 7. The van der Waals surface area contributed by atoms with Crippen molar-refractivity contribution < 1.29 is 14.3 Å². The summed E-state index contributed by atoms with van der Waals surface area (Å²) in [5.74, 6) is 0.0289. The van der Waals surface area contributed by atoms with Gasteiger partial charge in [0, 0.05) is 35.9 Å². The molecule has 3 aromatic carbocycles. The lowest BCUT2D eigenvalue weighted by Crippen LogP contribution is -2.33. The second-order valence-electron chi connectivity index (χ2n) is 14.1. The van der Waals surface area contributed by atoms with Gasteiger partial charge in [-0.2, -0.15) is 0 Å². The molecule has 0 radical (unpaired) electrons. The highest BCUT2D eigenvalue weighted by atomic mass is 32.1. The number of fused-ring (bicyclic) bond motifs is 2. The second kappa shape index (κ2) is 13.6. The van der Waals surface area contributed by atoms with E-state index in [0.717, 1.165) is 50.1 Å². The molecule has 7 rings (SSSR count). The minimum atomic E-state index is -0.679. The highest BCUT2D eigenvalue weighted by Crippen LogP contribution is 2.35. The number of para-hydroxylation sites is 1. The Morgan fingerprint density at radius 1 is 0.898 bits per heavy atom. The molecule has 2 N–H and O–H groups in total. The minimum Gasteiger partial charge on any atom is -0.455 e. The third kappa shape index (κ3) is 7.17. The van der Waals surface area contributed by atoms with Crippen LogP contribution in [0.15, 0.2) is 72.8 Å². The molecule has 1 aliphatic carbocycles. The monoisotopic (exact) mass is 673 g/mol. The number of carbonyl (C=O) groups excluding carboxylic acids is 2. The van der Waals surface area contributed by atoms with Crippen LogP contribution in [0.3, 0.4) is 0 Å². The maximum absolute atomic E-state index is 13.8. The van der Waals surface area contributed by atoms with Crippen molar-refractivity contribution in [2.24, 2.45) is 0 Å². The smallest absolute Gasteiger partial charge is 0.358 e. The number of esters is 1. The summed E-state index contributed by atoms with van der Waals surface area (Å²) in [6.07, 6.45) is 6.90. The summed E-state index contributed by atoms with van der Waals surface area (Å²) in [6.45, 7) is 8.91. The number of benzene rings is 3. The zero-order chi connectivity index (χ0) is 34.1. The van der Waals surface area contributed by atoms with Gasteiger partial charge in [-0.3, -0.25) is 10.1 Å². The lowest BCUT2D eigenvalue weighted by Gasteiger charge is -2.31. The van der Waals surface area contributed by atoms with Crippen LogP contribution < -0.4 is 15.5 Å². The molecular weight excluding hydrogens is 631 g/mol. The van der Waals surface area contributed by atoms with Gasteiger partial charge in [0.25, 0.3) is 5.91 Å². The predicted molar refractivity (Wildman–Crippen MR) is 199 cm³/mol. The van der Waals surface area contributed by atoms with Crippen molar-refractivity contribution in [1.82, 2.24) is 9.97 Å². The molecule has 0 saturated heterocycles. The SMILES string of the molecule is Cc1c(NC2CCCCC2)cccc1-c1ccc(N2CCc3cccc(C(=O)Nc4nc5ccccc5s4)c3C2)nc1C(=O)OC(C)(C)C. The van der Waals surface area contributed by atoms with E-state index in [1.165, 1.54) is 43.4 Å². The Morgan fingerprint density at radius 3 is 2.49 bits per heavy atom. The standard InChI is InChI=1S/C40H43N5O3S/c1-25-28(15-11-18-32(25)41-27-13-6-5-7-14-27)29-20-21-35(43-36(29)38(47)48-40(2,3)4)45-23-22-26-12-10-16-30(31(26)24-45)37(46)44-39-42-33-17-8-9-19-34(33)49-39/h8-12,15-21,27,41H,5-7,13-14,22-24H2,1-4H3,(H,42,44,46). The molecule has 9 heteroatoms. The van der Waals surface area contributed by atoms with Crippen LogP contribution in [0.2, 0.25) is 0 Å². The van der Waals surface area contributed by atoms with Crippen LogP contribution in [0.4, 0.5) is 16.6 Å². The van der Waals surface area contributed by atoms with Crippen molar-refractivity contribution in [3.05, 3.63) is 101 Å². The van der Waals surface area contributed by atoms with E-state index < -0.39 is 11.6 Å². The van der Waals surface area contributed by atoms with Crippen LogP contribution in [0.25, 0.3) is 21.3 Å². The fourth-order valence-corrected chi connectivity index (χ4v) is 7.82. The van der Waals surface area contributed by atoms with Crippen LogP contribution in [0.1, 0.15) is 90.4 Å². The van der Waals surface area contributed by atoms with Crippen molar-refractivity contribution in [1.29, 1.82) is 0 Å². The Hall–Kier alpha value is -4.76. The van der Waals surface area contributed by atoms with Crippen LogP contribution in [-0.4, -0.2) is 40.0 Å². The summed E-state index contributed by atoms with van der Waals surface area (Å²) in [5, 5.41) is 7.37. The quantitative estimate of drug-likeness (QED) is 0.166. The van der Waals surface area contributed by atoms with Gasteiger partial charge in [0.05, 0.1) is 10.2 Å². The number of nitrogens with one attached hydrogen (secondary N) is 2. The molecule has 5 aromatic rings. The zero-order valence-electron chi connectivity index (χ0n) is 28.6.